The lowest BCUT2D eigenvalue weighted by Gasteiger charge is -2.24. The fourth-order valence-electron chi connectivity index (χ4n) is 3.82. The molecule has 0 saturated carbocycles. The van der Waals surface area contributed by atoms with Crippen molar-refractivity contribution in [2.75, 3.05) is 6.54 Å². The van der Waals surface area contributed by atoms with Crippen molar-refractivity contribution in [1.29, 1.82) is 0 Å². The molecule has 2 atom stereocenters. The van der Waals surface area contributed by atoms with Crippen LogP contribution in [0.5, 0.6) is 0 Å². The molecular formula is C22H25N3O3S3. The van der Waals surface area contributed by atoms with Crippen LogP contribution in [0, 0.1) is 13.8 Å². The van der Waals surface area contributed by atoms with Gasteiger partial charge >= 0.3 is 0 Å². The van der Waals surface area contributed by atoms with Crippen LogP contribution in [0.3, 0.4) is 0 Å². The maximum atomic E-state index is 13.1. The molecular weight excluding hydrogens is 450 g/mol. The topological polar surface area (TPSA) is 79.4 Å². The minimum absolute atomic E-state index is 0.254. The third-order valence-electron chi connectivity index (χ3n) is 5.45. The smallest absolute Gasteiger partial charge is 0.253 e. The number of carbonyl (C=O) groups is 1. The third kappa shape index (κ3) is 4.45. The van der Waals surface area contributed by atoms with Gasteiger partial charge in [-0.25, -0.2) is 13.4 Å². The van der Waals surface area contributed by atoms with Crippen LogP contribution in [0.4, 0.5) is 0 Å². The number of thiazole rings is 1. The van der Waals surface area contributed by atoms with Crippen LogP contribution in [-0.2, 0) is 14.8 Å². The van der Waals surface area contributed by atoms with Gasteiger partial charge in [0.25, 0.3) is 10.0 Å². The fourth-order valence-corrected chi connectivity index (χ4v) is 7.67. The molecule has 1 N–H and O–H groups in total. The summed E-state index contributed by atoms with van der Waals surface area (Å²) < 4.78 is 27.5. The summed E-state index contributed by atoms with van der Waals surface area (Å²) in [5.74, 6) is -0.255. The zero-order valence-corrected chi connectivity index (χ0v) is 20.1. The second-order valence-corrected chi connectivity index (χ2v) is 11.9. The van der Waals surface area contributed by atoms with E-state index in [9.17, 15) is 13.2 Å². The van der Waals surface area contributed by atoms with E-state index in [-0.39, 0.29) is 16.2 Å². The molecule has 0 aliphatic carbocycles. The van der Waals surface area contributed by atoms with E-state index in [1.54, 1.807) is 28.8 Å². The first-order valence-corrected chi connectivity index (χ1v) is 13.3. The summed E-state index contributed by atoms with van der Waals surface area (Å²) in [5, 5.41) is 5.68. The van der Waals surface area contributed by atoms with Gasteiger partial charge in [-0.1, -0.05) is 35.9 Å². The van der Waals surface area contributed by atoms with E-state index in [1.165, 1.54) is 21.2 Å². The van der Waals surface area contributed by atoms with E-state index >= 15 is 0 Å². The second kappa shape index (κ2) is 8.82. The Bertz CT molecular complexity index is 1170. The first-order valence-electron chi connectivity index (χ1n) is 10.2. The van der Waals surface area contributed by atoms with Gasteiger partial charge in [0.2, 0.25) is 5.91 Å². The van der Waals surface area contributed by atoms with E-state index in [4.69, 9.17) is 0 Å². The standard InChI is InChI=1S/C22H25N3O3S3/c1-14-8-10-17(11-9-14)22-24-16(3)20(30-22)15(2)23-21(26)18-6-4-12-25(18)31(27,28)19-7-5-13-29-19/h5,7-11,13,15,18H,4,6,12H2,1-3H3,(H,23,26). The molecule has 2 unspecified atom stereocenters. The highest BCUT2D eigenvalue weighted by Gasteiger charge is 2.40. The van der Waals surface area contributed by atoms with E-state index in [0.29, 0.717) is 19.4 Å². The van der Waals surface area contributed by atoms with Gasteiger partial charge in [-0.2, -0.15) is 4.31 Å². The number of nitrogens with one attached hydrogen (secondary N) is 1. The monoisotopic (exact) mass is 475 g/mol. The van der Waals surface area contributed by atoms with Gasteiger partial charge in [-0.15, -0.1) is 22.7 Å². The molecule has 4 rings (SSSR count). The predicted octanol–water partition coefficient (Wildman–Crippen LogP) is 4.52. The minimum atomic E-state index is -3.65. The van der Waals surface area contributed by atoms with Crippen LogP contribution in [-0.4, -0.2) is 36.2 Å². The van der Waals surface area contributed by atoms with Crippen molar-refractivity contribution in [2.24, 2.45) is 0 Å². The van der Waals surface area contributed by atoms with E-state index in [1.807, 2.05) is 32.9 Å². The van der Waals surface area contributed by atoms with Crippen LogP contribution in [0.15, 0.2) is 46.0 Å². The zero-order valence-electron chi connectivity index (χ0n) is 17.7. The molecule has 3 heterocycles. The van der Waals surface area contributed by atoms with E-state index < -0.39 is 16.1 Å². The van der Waals surface area contributed by atoms with Crippen LogP contribution < -0.4 is 5.32 Å². The van der Waals surface area contributed by atoms with Crippen molar-refractivity contribution in [2.45, 2.75) is 49.9 Å². The summed E-state index contributed by atoms with van der Waals surface area (Å²) in [6.45, 7) is 6.27. The molecule has 2 aromatic heterocycles. The summed E-state index contributed by atoms with van der Waals surface area (Å²) >= 11 is 2.74. The quantitative estimate of drug-likeness (QED) is 0.569. The third-order valence-corrected chi connectivity index (χ3v) is 10.1. The SMILES string of the molecule is Cc1ccc(-c2nc(C)c(C(C)NC(=O)C3CCCN3S(=O)(=O)c3cccs3)s2)cc1. The molecule has 164 valence electrons. The Morgan fingerprint density at radius 3 is 2.65 bits per heavy atom. The van der Waals surface area contributed by atoms with Crippen LogP contribution in [0.2, 0.25) is 0 Å². The summed E-state index contributed by atoms with van der Waals surface area (Å²) in [7, 11) is -3.65. The molecule has 31 heavy (non-hydrogen) atoms. The molecule has 1 saturated heterocycles. The number of rotatable bonds is 6. The number of sulfonamides is 1. The van der Waals surface area contributed by atoms with Gasteiger partial charge in [-0.3, -0.25) is 4.79 Å². The maximum absolute atomic E-state index is 13.1. The van der Waals surface area contributed by atoms with Crippen LogP contribution in [0.25, 0.3) is 10.6 Å². The van der Waals surface area contributed by atoms with Gasteiger partial charge in [0, 0.05) is 12.1 Å². The number of aryl methyl sites for hydroxylation is 2. The lowest BCUT2D eigenvalue weighted by atomic mass is 10.1. The molecule has 1 aliphatic heterocycles. The van der Waals surface area contributed by atoms with E-state index in [0.717, 1.165) is 21.1 Å². The Hall–Kier alpha value is -2.07. The first-order chi connectivity index (χ1) is 14.8. The van der Waals surface area contributed by atoms with Crippen LogP contribution in [0.1, 0.15) is 41.9 Å². The number of amides is 1. The number of benzene rings is 1. The highest BCUT2D eigenvalue weighted by atomic mass is 32.2. The predicted molar refractivity (Wildman–Crippen MR) is 125 cm³/mol. The lowest BCUT2D eigenvalue weighted by Crippen LogP contribution is -2.46. The molecule has 6 nitrogen and oxygen atoms in total. The normalized spacial score (nSPS) is 18.2. The number of carbonyl (C=O) groups excluding carboxylic acids is 1. The van der Waals surface area contributed by atoms with Gasteiger partial charge in [-0.05, 0) is 45.1 Å². The fraction of sp³-hybridized carbons (Fsp3) is 0.364. The molecule has 1 amide bonds. The summed E-state index contributed by atoms with van der Waals surface area (Å²) in [5.41, 5.74) is 3.12. The Morgan fingerprint density at radius 2 is 1.97 bits per heavy atom. The Labute approximate surface area is 191 Å². The van der Waals surface area contributed by atoms with Crippen molar-refractivity contribution >= 4 is 38.6 Å². The van der Waals surface area contributed by atoms with Crippen molar-refractivity contribution in [3.05, 3.63) is 57.9 Å². The van der Waals surface area contributed by atoms with Crippen molar-refractivity contribution in [3.8, 4) is 10.6 Å². The first kappa shape index (κ1) is 22.1. The average Bonchev–Trinajstić information content (AvgIpc) is 3.49. The minimum Gasteiger partial charge on any atom is -0.347 e. The van der Waals surface area contributed by atoms with Crippen molar-refractivity contribution in [3.63, 3.8) is 0 Å². The molecule has 0 bridgehead atoms. The zero-order chi connectivity index (χ0) is 22.2. The largest absolute Gasteiger partial charge is 0.347 e. The molecule has 3 aromatic rings. The molecule has 1 aliphatic rings. The van der Waals surface area contributed by atoms with Crippen LogP contribution >= 0.6 is 22.7 Å². The number of aromatic nitrogens is 1. The molecule has 0 radical (unpaired) electrons. The summed E-state index contributed by atoms with van der Waals surface area (Å²) in [4.78, 5) is 18.7. The van der Waals surface area contributed by atoms with Crippen molar-refractivity contribution in [1.82, 2.24) is 14.6 Å². The number of hydrogen-bond acceptors (Lipinski definition) is 6. The van der Waals surface area contributed by atoms with Gasteiger partial charge < -0.3 is 5.32 Å². The molecule has 9 heteroatoms. The van der Waals surface area contributed by atoms with Gasteiger partial charge in [0.15, 0.2) is 0 Å². The number of nitrogens with zero attached hydrogens (tertiary/aromatic N) is 2. The van der Waals surface area contributed by atoms with Gasteiger partial charge in [0.1, 0.15) is 15.3 Å². The average molecular weight is 476 g/mol. The summed E-state index contributed by atoms with van der Waals surface area (Å²) in [6.07, 6.45) is 1.20. The number of thiophene rings is 1. The second-order valence-electron chi connectivity index (χ2n) is 7.77. The van der Waals surface area contributed by atoms with Gasteiger partial charge in [0.05, 0.1) is 16.6 Å². The molecule has 0 spiro atoms. The molecule has 1 aromatic carbocycles. The molecule has 1 fully saturated rings. The summed E-state index contributed by atoms with van der Waals surface area (Å²) in [6, 6.07) is 10.6. The lowest BCUT2D eigenvalue weighted by molar-refractivity contribution is -0.124. The highest BCUT2D eigenvalue weighted by Crippen LogP contribution is 2.33. The maximum Gasteiger partial charge on any atom is 0.253 e. The Morgan fingerprint density at radius 1 is 1.23 bits per heavy atom. The Balaban J connectivity index is 1.50. The Kier molecular flexibility index (Phi) is 6.30. The number of hydrogen-bond donors (Lipinski definition) is 1. The highest BCUT2D eigenvalue weighted by molar-refractivity contribution is 7.91. The van der Waals surface area contributed by atoms with Crippen molar-refractivity contribution < 1.29 is 13.2 Å². The van der Waals surface area contributed by atoms with E-state index in [2.05, 4.69) is 22.4 Å².